The molecule has 0 saturated heterocycles. The molecule has 0 heterocycles. The van der Waals surface area contributed by atoms with Crippen LogP contribution in [0.5, 0.6) is 5.75 Å². The number of benzene rings is 1. The monoisotopic (exact) mass is 268 g/mol. The molecule has 0 spiro atoms. The molecule has 0 aromatic heterocycles. The Bertz CT molecular complexity index is 475. The molecule has 104 valence electrons. The zero-order chi connectivity index (χ0) is 14.3. The van der Waals surface area contributed by atoms with Crippen molar-refractivity contribution in [3.63, 3.8) is 0 Å². The number of oxime groups is 1. The number of amides is 1. The predicted molar refractivity (Wildman–Crippen MR) is 69.2 cm³/mol. The van der Waals surface area contributed by atoms with E-state index in [1.807, 2.05) is 6.92 Å². The third-order valence-electron chi connectivity index (χ3n) is 2.44. The standard InChI is InChI=1S/C13H17FN2O3/c1-3-15-13(17)6-7-19-12-8-10(14)4-5-11(12)9(2)16-18/h4-5,8,18H,3,6-7H2,1-2H3,(H,15,17)/b16-9+. The quantitative estimate of drug-likeness (QED) is 0.470. The van der Waals surface area contributed by atoms with Gasteiger partial charge >= 0.3 is 0 Å². The van der Waals surface area contributed by atoms with Crippen molar-refractivity contribution in [2.45, 2.75) is 20.3 Å². The zero-order valence-electron chi connectivity index (χ0n) is 10.9. The average molecular weight is 268 g/mol. The maximum Gasteiger partial charge on any atom is 0.223 e. The molecule has 0 atom stereocenters. The molecule has 0 unspecified atom stereocenters. The highest BCUT2D eigenvalue weighted by molar-refractivity contribution is 6.00. The molecule has 0 fully saturated rings. The van der Waals surface area contributed by atoms with Gasteiger partial charge in [-0.25, -0.2) is 4.39 Å². The topological polar surface area (TPSA) is 70.9 Å². The van der Waals surface area contributed by atoms with Gasteiger partial charge in [0.15, 0.2) is 0 Å². The van der Waals surface area contributed by atoms with Crippen LogP contribution in [0.2, 0.25) is 0 Å². The van der Waals surface area contributed by atoms with Gasteiger partial charge in [0.05, 0.1) is 18.7 Å². The lowest BCUT2D eigenvalue weighted by Crippen LogP contribution is -2.24. The lowest BCUT2D eigenvalue weighted by Gasteiger charge is -2.10. The number of nitrogens with zero attached hydrogens (tertiary/aromatic N) is 1. The summed E-state index contributed by atoms with van der Waals surface area (Å²) < 4.78 is 18.5. The highest BCUT2D eigenvalue weighted by atomic mass is 19.1. The van der Waals surface area contributed by atoms with Crippen molar-refractivity contribution in [3.8, 4) is 5.75 Å². The lowest BCUT2D eigenvalue weighted by atomic mass is 10.1. The van der Waals surface area contributed by atoms with Crippen LogP contribution in [0.1, 0.15) is 25.8 Å². The Morgan fingerprint density at radius 2 is 2.26 bits per heavy atom. The van der Waals surface area contributed by atoms with Gasteiger partial charge in [-0.1, -0.05) is 5.16 Å². The van der Waals surface area contributed by atoms with Crippen molar-refractivity contribution < 1.29 is 19.1 Å². The Morgan fingerprint density at radius 1 is 1.53 bits per heavy atom. The molecule has 0 aliphatic carbocycles. The molecule has 1 rings (SSSR count). The zero-order valence-corrected chi connectivity index (χ0v) is 10.9. The van der Waals surface area contributed by atoms with Gasteiger partial charge < -0.3 is 15.3 Å². The summed E-state index contributed by atoms with van der Waals surface area (Å²) in [6.07, 6.45) is 0.180. The van der Waals surface area contributed by atoms with Crippen LogP contribution in [0.25, 0.3) is 0 Å². The van der Waals surface area contributed by atoms with E-state index in [1.165, 1.54) is 18.2 Å². The first-order valence-corrected chi connectivity index (χ1v) is 5.96. The smallest absolute Gasteiger partial charge is 0.223 e. The van der Waals surface area contributed by atoms with E-state index in [1.54, 1.807) is 6.92 Å². The molecular formula is C13H17FN2O3. The van der Waals surface area contributed by atoms with Crippen molar-refractivity contribution >= 4 is 11.6 Å². The normalized spacial score (nSPS) is 11.2. The summed E-state index contributed by atoms with van der Waals surface area (Å²) in [6, 6.07) is 3.91. The number of carbonyl (C=O) groups is 1. The highest BCUT2D eigenvalue weighted by Gasteiger charge is 2.09. The summed E-state index contributed by atoms with van der Waals surface area (Å²) >= 11 is 0. The Hall–Kier alpha value is -2.11. The van der Waals surface area contributed by atoms with E-state index < -0.39 is 5.82 Å². The molecule has 1 amide bonds. The first kappa shape index (κ1) is 14.9. The fraction of sp³-hybridized carbons (Fsp3) is 0.385. The minimum absolute atomic E-state index is 0.126. The Balaban J connectivity index is 2.71. The molecular weight excluding hydrogens is 251 g/mol. The van der Waals surface area contributed by atoms with Gasteiger partial charge in [0.2, 0.25) is 5.91 Å². The SMILES string of the molecule is CCNC(=O)CCOc1cc(F)ccc1/C(C)=N/O. The molecule has 1 aromatic carbocycles. The van der Waals surface area contributed by atoms with Crippen LogP contribution in [0, 0.1) is 5.82 Å². The summed E-state index contributed by atoms with van der Waals surface area (Å²) in [7, 11) is 0. The molecule has 0 aliphatic heterocycles. The van der Waals surface area contributed by atoms with Crippen LogP contribution < -0.4 is 10.1 Å². The van der Waals surface area contributed by atoms with E-state index in [0.717, 1.165) is 0 Å². The van der Waals surface area contributed by atoms with E-state index in [2.05, 4.69) is 10.5 Å². The van der Waals surface area contributed by atoms with E-state index in [0.29, 0.717) is 17.8 Å². The summed E-state index contributed by atoms with van der Waals surface area (Å²) in [4.78, 5) is 11.2. The second kappa shape index (κ2) is 7.35. The van der Waals surface area contributed by atoms with Crippen LogP contribution in [0.15, 0.2) is 23.4 Å². The van der Waals surface area contributed by atoms with Crippen LogP contribution in [-0.2, 0) is 4.79 Å². The van der Waals surface area contributed by atoms with Gasteiger partial charge in [-0.05, 0) is 26.0 Å². The predicted octanol–water partition coefficient (Wildman–Crippen LogP) is 1.93. The third-order valence-corrected chi connectivity index (χ3v) is 2.44. The molecule has 19 heavy (non-hydrogen) atoms. The van der Waals surface area contributed by atoms with Crippen molar-refractivity contribution in [1.82, 2.24) is 5.32 Å². The Labute approximate surface area is 111 Å². The second-order valence-electron chi connectivity index (χ2n) is 3.88. The number of rotatable bonds is 6. The third kappa shape index (κ3) is 4.57. The minimum Gasteiger partial charge on any atom is -0.492 e. The molecule has 0 aliphatic rings. The average Bonchev–Trinajstić information content (AvgIpc) is 2.38. The van der Waals surface area contributed by atoms with Crippen LogP contribution in [-0.4, -0.2) is 30.0 Å². The molecule has 0 radical (unpaired) electrons. The number of hydrogen-bond donors (Lipinski definition) is 2. The summed E-state index contributed by atoms with van der Waals surface area (Å²) in [5.41, 5.74) is 0.799. The van der Waals surface area contributed by atoms with Crippen molar-refractivity contribution in [1.29, 1.82) is 0 Å². The van der Waals surface area contributed by atoms with Crippen molar-refractivity contribution in [3.05, 3.63) is 29.6 Å². The summed E-state index contributed by atoms with van der Waals surface area (Å²) in [6.45, 7) is 4.08. The lowest BCUT2D eigenvalue weighted by molar-refractivity contribution is -0.121. The first-order chi connectivity index (χ1) is 9.08. The van der Waals surface area contributed by atoms with Gasteiger partial charge in [-0.15, -0.1) is 0 Å². The van der Waals surface area contributed by atoms with Crippen molar-refractivity contribution in [2.24, 2.45) is 5.16 Å². The first-order valence-electron chi connectivity index (χ1n) is 5.96. The van der Waals surface area contributed by atoms with E-state index >= 15 is 0 Å². The largest absolute Gasteiger partial charge is 0.492 e. The van der Waals surface area contributed by atoms with Gasteiger partial charge in [0, 0.05) is 18.2 Å². The maximum atomic E-state index is 13.2. The second-order valence-corrected chi connectivity index (χ2v) is 3.88. The van der Waals surface area contributed by atoms with Crippen LogP contribution in [0.4, 0.5) is 4.39 Å². The molecule has 0 saturated carbocycles. The summed E-state index contributed by atoms with van der Waals surface area (Å²) in [5, 5.41) is 14.4. The summed E-state index contributed by atoms with van der Waals surface area (Å²) in [5.74, 6) is -0.338. The maximum absolute atomic E-state index is 13.2. The van der Waals surface area contributed by atoms with Crippen LogP contribution >= 0.6 is 0 Å². The molecule has 6 heteroatoms. The number of carbonyl (C=O) groups excluding carboxylic acids is 1. The van der Waals surface area contributed by atoms with E-state index in [9.17, 15) is 9.18 Å². The van der Waals surface area contributed by atoms with E-state index in [4.69, 9.17) is 9.94 Å². The fourth-order valence-corrected chi connectivity index (χ4v) is 1.51. The van der Waals surface area contributed by atoms with Gasteiger partial charge in [0.25, 0.3) is 0 Å². The van der Waals surface area contributed by atoms with Gasteiger partial charge in [-0.3, -0.25) is 4.79 Å². The van der Waals surface area contributed by atoms with Gasteiger partial charge in [0.1, 0.15) is 11.6 Å². The van der Waals surface area contributed by atoms with Crippen LogP contribution in [0.3, 0.4) is 0 Å². The molecule has 2 N–H and O–H groups in total. The fourth-order valence-electron chi connectivity index (χ4n) is 1.51. The minimum atomic E-state index is -0.456. The van der Waals surface area contributed by atoms with Crippen molar-refractivity contribution in [2.75, 3.05) is 13.2 Å². The number of hydrogen-bond acceptors (Lipinski definition) is 4. The molecule has 0 bridgehead atoms. The molecule has 5 nitrogen and oxygen atoms in total. The molecule has 1 aromatic rings. The van der Waals surface area contributed by atoms with Gasteiger partial charge in [-0.2, -0.15) is 0 Å². The Kier molecular flexibility index (Phi) is 5.78. The highest BCUT2D eigenvalue weighted by Crippen LogP contribution is 2.21. The number of ether oxygens (including phenoxy) is 1. The van der Waals surface area contributed by atoms with E-state index in [-0.39, 0.29) is 24.7 Å². The Morgan fingerprint density at radius 3 is 2.89 bits per heavy atom. The number of halogens is 1. The number of nitrogens with one attached hydrogen (secondary N) is 1.